The molecule has 0 spiro atoms. The number of imidazole rings is 1. The summed E-state index contributed by atoms with van der Waals surface area (Å²) in [5.41, 5.74) is 7.92. The van der Waals surface area contributed by atoms with Crippen LogP contribution in [0.3, 0.4) is 0 Å². The highest BCUT2D eigenvalue weighted by molar-refractivity contribution is 5.84. The van der Waals surface area contributed by atoms with Gasteiger partial charge in [-0.25, -0.2) is 10.4 Å². The highest BCUT2D eigenvalue weighted by atomic mass is 16.6. The summed E-state index contributed by atoms with van der Waals surface area (Å²) in [6, 6.07) is 16.6. The summed E-state index contributed by atoms with van der Waals surface area (Å²) >= 11 is 0. The average Bonchev–Trinajstić information content (AvgIpc) is 3.20. The number of nitro benzene ring substituents is 1. The quantitative estimate of drug-likeness (QED) is 0.221. The Morgan fingerprint density at radius 1 is 1.12 bits per heavy atom. The number of hydrogen-bond acceptors (Lipinski definition) is 7. The first-order valence-electron chi connectivity index (χ1n) is 10.2. The predicted octanol–water partition coefficient (Wildman–Crippen LogP) is 5.12. The first-order valence-corrected chi connectivity index (χ1v) is 10.2. The van der Waals surface area contributed by atoms with E-state index in [0.29, 0.717) is 11.5 Å². The van der Waals surface area contributed by atoms with Gasteiger partial charge in [0, 0.05) is 11.6 Å². The number of aryl methyl sites for hydroxylation is 2. The smallest absolute Gasteiger partial charge is 0.315 e. The minimum absolute atomic E-state index is 0.0702. The van der Waals surface area contributed by atoms with E-state index in [1.54, 1.807) is 6.07 Å². The van der Waals surface area contributed by atoms with Crippen LogP contribution in [0.1, 0.15) is 22.3 Å². The molecule has 1 aromatic heterocycles. The molecule has 9 heteroatoms. The highest BCUT2D eigenvalue weighted by Crippen LogP contribution is 2.38. The summed E-state index contributed by atoms with van der Waals surface area (Å²) in [5.74, 6) is 0.782. The Morgan fingerprint density at radius 2 is 1.88 bits per heavy atom. The van der Waals surface area contributed by atoms with Crippen LogP contribution in [0.5, 0.6) is 11.5 Å². The van der Waals surface area contributed by atoms with Gasteiger partial charge in [0.1, 0.15) is 6.61 Å². The zero-order valence-corrected chi connectivity index (χ0v) is 18.5. The first kappa shape index (κ1) is 21.8. The molecular weight excluding hydrogens is 422 g/mol. The SMILES string of the molecule is COc1cc(/C=N\Nc2nc3ccc(C)cc3[nH]2)cc([N+](=O)[O-])c1OCc1ccc(C)cc1. The third-order valence-corrected chi connectivity index (χ3v) is 5.00. The van der Waals surface area contributed by atoms with Crippen molar-refractivity contribution >= 4 is 28.9 Å². The van der Waals surface area contributed by atoms with Crippen LogP contribution in [0.2, 0.25) is 0 Å². The number of nitrogens with one attached hydrogen (secondary N) is 2. The van der Waals surface area contributed by atoms with Gasteiger partial charge < -0.3 is 14.5 Å². The molecule has 0 fully saturated rings. The number of hydrogen-bond donors (Lipinski definition) is 2. The summed E-state index contributed by atoms with van der Waals surface area (Å²) in [5, 5.41) is 15.9. The third kappa shape index (κ3) is 5.09. The number of nitrogens with zero attached hydrogens (tertiary/aromatic N) is 3. The van der Waals surface area contributed by atoms with E-state index in [2.05, 4.69) is 20.5 Å². The normalized spacial score (nSPS) is 11.1. The summed E-state index contributed by atoms with van der Waals surface area (Å²) in [6.45, 7) is 4.17. The van der Waals surface area contributed by atoms with E-state index in [-0.39, 0.29) is 23.8 Å². The summed E-state index contributed by atoms with van der Waals surface area (Å²) in [4.78, 5) is 18.7. The molecule has 2 N–H and O–H groups in total. The zero-order chi connectivity index (χ0) is 23.4. The molecule has 0 aliphatic rings. The number of fused-ring (bicyclic) bond motifs is 1. The maximum atomic E-state index is 11.7. The van der Waals surface area contributed by atoms with Gasteiger partial charge in [-0.05, 0) is 43.2 Å². The van der Waals surface area contributed by atoms with Crippen molar-refractivity contribution in [3.8, 4) is 11.5 Å². The van der Waals surface area contributed by atoms with E-state index in [0.717, 1.165) is 27.7 Å². The van der Waals surface area contributed by atoms with Crippen LogP contribution in [0.4, 0.5) is 11.6 Å². The van der Waals surface area contributed by atoms with Crippen molar-refractivity contribution in [1.82, 2.24) is 9.97 Å². The maximum Gasteiger partial charge on any atom is 0.315 e. The Kier molecular flexibility index (Phi) is 6.21. The number of nitro groups is 1. The molecule has 0 amide bonds. The van der Waals surface area contributed by atoms with Crippen LogP contribution in [-0.4, -0.2) is 28.2 Å². The van der Waals surface area contributed by atoms with E-state index in [1.165, 1.54) is 19.4 Å². The van der Waals surface area contributed by atoms with Crippen LogP contribution in [0.25, 0.3) is 11.0 Å². The Balaban J connectivity index is 1.54. The molecule has 3 aromatic carbocycles. The van der Waals surface area contributed by atoms with Gasteiger partial charge in [-0.3, -0.25) is 10.1 Å². The molecule has 0 saturated heterocycles. The fourth-order valence-corrected chi connectivity index (χ4v) is 3.30. The standard InChI is InChI=1S/C24H23N5O4/c1-15-4-7-17(8-5-15)14-33-23-21(29(30)31)11-18(12-22(23)32-3)13-25-28-24-26-19-9-6-16(2)10-20(19)27-24/h4-13H,14H2,1-3H3,(H2,26,27,28)/b25-13-. The number of hydrazone groups is 1. The molecule has 0 atom stereocenters. The van der Waals surface area contributed by atoms with Gasteiger partial charge >= 0.3 is 5.69 Å². The second-order valence-corrected chi connectivity index (χ2v) is 7.58. The topological polar surface area (TPSA) is 115 Å². The molecule has 33 heavy (non-hydrogen) atoms. The Labute approximate surface area is 190 Å². The second kappa shape index (κ2) is 9.39. The monoisotopic (exact) mass is 445 g/mol. The highest BCUT2D eigenvalue weighted by Gasteiger charge is 2.22. The Hall–Kier alpha value is -4.40. The average molecular weight is 445 g/mol. The summed E-state index contributed by atoms with van der Waals surface area (Å²) in [6.07, 6.45) is 1.46. The van der Waals surface area contributed by atoms with Gasteiger partial charge in [-0.2, -0.15) is 5.10 Å². The van der Waals surface area contributed by atoms with Gasteiger partial charge in [0.15, 0.2) is 5.75 Å². The lowest BCUT2D eigenvalue weighted by molar-refractivity contribution is -0.386. The molecule has 0 saturated carbocycles. The lowest BCUT2D eigenvalue weighted by atomic mass is 10.1. The molecule has 0 aliphatic heterocycles. The molecular formula is C24H23N5O4. The van der Waals surface area contributed by atoms with E-state index < -0.39 is 4.92 Å². The number of aromatic nitrogens is 2. The van der Waals surface area contributed by atoms with E-state index >= 15 is 0 Å². The van der Waals surface area contributed by atoms with E-state index in [1.807, 2.05) is 56.3 Å². The minimum atomic E-state index is -0.501. The Bertz CT molecular complexity index is 1330. The fraction of sp³-hybridized carbons (Fsp3) is 0.167. The molecule has 0 aliphatic carbocycles. The molecule has 168 valence electrons. The van der Waals surface area contributed by atoms with Crippen molar-refractivity contribution in [2.45, 2.75) is 20.5 Å². The van der Waals surface area contributed by atoms with Crippen molar-refractivity contribution in [3.63, 3.8) is 0 Å². The molecule has 0 bridgehead atoms. The van der Waals surface area contributed by atoms with Crippen LogP contribution in [-0.2, 0) is 6.61 Å². The van der Waals surface area contributed by atoms with E-state index in [9.17, 15) is 10.1 Å². The molecule has 4 aromatic rings. The number of ether oxygens (including phenoxy) is 2. The molecule has 0 unspecified atom stereocenters. The van der Waals surface area contributed by atoms with Crippen molar-refractivity contribution in [1.29, 1.82) is 0 Å². The van der Waals surface area contributed by atoms with Crippen molar-refractivity contribution in [3.05, 3.63) is 87.0 Å². The number of aromatic amines is 1. The van der Waals surface area contributed by atoms with Crippen molar-refractivity contribution in [2.24, 2.45) is 5.10 Å². The number of benzene rings is 3. The van der Waals surface area contributed by atoms with Crippen LogP contribution < -0.4 is 14.9 Å². The number of rotatable bonds is 8. The lowest BCUT2D eigenvalue weighted by Crippen LogP contribution is -2.03. The first-order chi connectivity index (χ1) is 15.9. The number of H-pyrrole nitrogens is 1. The van der Waals surface area contributed by atoms with E-state index in [4.69, 9.17) is 9.47 Å². The third-order valence-electron chi connectivity index (χ3n) is 5.00. The fourth-order valence-electron chi connectivity index (χ4n) is 3.30. The summed E-state index contributed by atoms with van der Waals surface area (Å²) < 4.78 is 11.1. The maximum absolute atomic E-state index is 11.7. The summed E-state index contributed by atoms with van der Waals surface area (Å²) in [7, 11) is 1.44. The second-order valence-electron chi connectivity index (χ2n) is 7.58. The number of anilines is 1. The molecule has 4 rings (SSSR count). The zero-order valence-electron chi connectivity index (χ0n) is 18.5. The molecule has 1 heterocycles. The van der Waals surface area contributed by atoms with Gasteiger partial charge in [0.2, 0.25) is 11.7 Å². The Morgan fingerprint density at radius 3 is 2.61 bits per heavy atom. The van der Waals surface area contributed by atoms with Crippen molar-refractivity contribution < 1.29 is 14.4 Å². The number of methoxy groups -OCH3 is 1. The van der Waals surface area contributed by atoms with Crippen LogP contribution >= 0.6 is 0 Å². The predicted molar refractivity (Wildman–Crippen MR) is 127 cm³/mol. The minimum Gasteiger partial charge on any atom is -0.493 e. The largest absolute Gasteiger partial charge is 0.493 e. The van der Waals surface area contributed by atoms with Gasteiger partial charge in [0.25, 0.3) is 0 Å². The molecule has 9 nitrogen and oxygen atoms in total. The van der Waals surface area contributed by atoms with Gasteiger partial charge in [-0.15, -0.1) is 0 Å². The van der Waals surface area contributed by atoms with Crippen LogP contribution in [0, 0.1) is 24.0 Å². The lowest BCUT2D eigenvalue weighted by Gasteiger charge is -2.12. The van der Waals surface area contributed by atoms with Crippen molar-refractivity contribution in [2.75, 3.05) is 12.5 Å². The van der Waals surface area contributed by atoms with Crippen LogP contribution in [0.15, 0.2) is 59.7 Å². The van der Waals surface area contributed by atoms with Gasteiger partial charge in [0.05, 0.1) is 29.3 Å². The molecule has 0 radical (unpaired) electrons. The van der Waals surface area contributed by atoms with Gasteiger partial charge in [-0.1, -0.05) is 35.9 Å².